The van der Waals surface area contributed by atoms with Crippen molar-refractivity contribution in [3.05, 3.63) is 58.4 Å². The van der Waals surface area contributed by atoms with E-state index in [0.29, 0.717) is 41.7 Å². The van der Waals surface area contributed by atoms with Gasteiger partial charge >= 0.3 is 0 Å². The van der Waals surface area contributed by atoms with Crippen molar-refractivity contribution >= 4 is 23.8 Å². The predicted octanol–water partition coefficient (Wildman–Crippen LogP) is 3.89. The number of methoxy groups -OCH3 is 1. The molecule has 2 amide bonds. The molecule has 2 aromatic carbocycles. The second kappa shape index (κ2) is 10.7. The van der Waals surface area contributed by atoms with E-state index >= 15 is 0 Å². The zero-order valence-corrected chi connectivity index (χ0v) is 18.6. The van der Waals surface area contributed by atoms with Gasteiger partial charge in [-0.05, 0) is 74.2 Å². The van der Waals surface area contributed by atoms with E-state index in [1.807, 2.05) is 20.8 Å². The number of hydrogen-bond donors (Lipinski definition) is 1. The van der Waals surface area contributed by atoms with Gasteiger partial charge in [-0.2, -0.15) is 0 Å². The summed E-state index contributed by atoms with van der Waals surface area (Å²) in [7, 11) is 1.57. The zero-order chi connectivity index (χ0) is 23.1. The van der Waals surface area contributed by atoms with E-state index in [1.54, 1.807) is 26.2 Å². The molecule has 1 atom stereocenters. The van der Waals surface area contributed by atoms with E-state index in [-0.39, 0.29) is 12.5 Å². The van der Waals surface area contributed by atoms with Crippen LogP contribution >= 0.6 is 0 Å². The van der Waals surface area contributed by atoms with Crippen LogP contribution in [0, 0.1) is 26.6 Å². The Kier molecular flexibility index (Phi) is 8.30. The van der Waals surface area contributed by atoms with Crippen LogP contribution in [0.15, 0.2) is 30.3 Å². The molecule has 0 spiro atoms. The number of aldehydes is 1. The molecule has 2 aromatic rings. The van der Waals surface area contributed by atoms with Gasteiger partial charge in [-0.1, -0.05) is 13.3 Å². The molecule has 1 N–H and O–H groups in total. The Balaban J connectivity index is 2.33. The summed E-state index contributed by atoms with van der Waals surface area (Å²) in [5.74, 6) is -0.522. The molecule has 2 rings (SSSR count). The first-order valence-corrected chi connectivity index (χ1v) is 10.2. The predicted molar refractivity (Wildman–Crippen MR) is 118 cm³/mol. The zero-order valence-electron chi connectivity index (χ0n) is 18.6. The van der Waals surface area contributed by atoms with E-state index in [4.69, 9.17) is 4.74 Å². The molecule has 0 unspecified atom stereocenters. The minimum Gasteiger partial charge on any atom is -0.496 e. The van der Waals surface area contributed by atoms with Gasteiger partial charge in [0.2, 0.25) is 5.91 Å². The summed E-state index contributed by atoms with van der Waals surface area (Å²) in [6.07, 6.45) is 1.66. The molecule has 0 saturated carbocycles. The Hall–Kier alpha value is -3.22. The smallest absolute Gasteiger partial charge is 0.251 e. The molecule has 6 nitrogen and oxygen atoms in total. The molecule has 0 fully saturated rings. The van der Waals surface area contributed by atoms with Crippen molar-refractivity contribution in [3.8, 4) is 5.75 Å². The lowest BCUT2D eigenvalue weighted by atomic mass is 10.0. The largest absolute Gasteiger partial charge is 0.496 e. The van der Waals surface area contributed by atoms with Gasteiger partial charge in [0.25, 0.3) is 5.91 Å². The molecule has 0 aromatic heterocycles. The molecule has 31 heavy (non-hydrogen) atoms. The summed E-state index contributed by atoms with van der Waals surface area (Å²) in [4.78, 5) is 38.8. The van der Waals surface area contributed by atoms with Crippen molar-refractivity contribution in [2.75, 3.05) is 18.6 Å². The molecule has 0 aliphatic rings. The van der Waals surface area contributed by atoms with Gasteiger partial charge in [0.05, 0.1) is 13.7 Å². The number of ether oxygens (including phenoxy) is 1. The Bertz CT molecular complexity index is 951. The molecule has 0 saturated heterocycles. The maximum atomic E-state index is 13.5. The molecule has 0 radical (unpaired) electrons. The highest BCUT2D eigenvalue weighted by Crippen LogP contribution is 2.25. The lowest BCUT2D eigenvalue weighted by molar-refractivity contribution is -0.121. The quantitative estimate of drug-likeness (QED) is 0.615. The molecule has 7 heteroatoms. The SMILES string of the molecule is CCC[C@H](NC(=O)c1cc(C)c(OC)c(C)c1)C(=O)N(CC=O)c1ccc(F)cc1C. The highest BCUT2D eigenvalue weighted by atomic mass is 19.1. The maximum Gasteiger partial charge on any atom is 0.251 e. The number of halogens is 1. The summed E-state index contributed by atoms with van der Waals surface area (Å²) < 4.78 is 18.9. The standard InChI is InChI=1S/C24H29FN2O4/c1-6-7-20(26-23(29)18-12-16(3)22(31-5)17(4)13-18)24(30)27(10-11-28)21-9-8-19(25)14-15(21)2/h8-9,11-14,20H,6-7,10H2,1-5H3,(H,26,29)/t20-/m0/s1. The van der Waals surface area contributed by atoms with Crippen molar-refractivity contribution in [3.63, 3.8) is 0 Å². The number of aryl methyl sites for hydroxylation is 3. The molecule has 0 heterocycles. The summed E-state index contributed by atoms with van der Waals surface area (Å²) in [6, 6.07) is 6.60. The third kappa shape index (κ3) is 5.69. The Morgan fingerprint density at radius 3 is 2.29 bits per heavy atom. The van der Waals surface area contributed by atoms with Crippen molar-refractivity contribution in [1.82, 2.24) is 5.32 Å². The number of carbonyl (C=O) groups excluding carboxylic acids is 3. The van der Waals surface area contributed by atoms with Crippen LogP contribution in [0.25, 0.3) is 0 Å². The van der Waals surface area contributed by atoms with Crippen LogP contribution in [0.1, 0.15) is 46.8 Å². The van der Waals surface area contributed by atoms with Gasteiger partial charge in [-0.25, -0.2) is 4.39 Å². The maximum absolute atomic E-state index is 13.5. The third-order valence-corrected chi connectivity index (χ3v) is 5.08. The fraction of sp³-hybridized carbons (Fsp3) is 0.375. The number of nitrogens with one attached hydrogen (secondary N) is 1. The molecular formula is C24H29FN2O4. The first-order valence-electron chi connectivity index (χ1n) is 10.2. The van der Waals surface area contributed by atoms with Crippen LogP contribution in [-0.2, 0) is 9.59 Å². The van der Waals surface area contributed by atoms with Gasteiger partial charge in [0, 0.05) is 11.3 Å². The average Bonchev–Trinajstić information content (AvgIpc) is 2.71. The lowest BCUT2D eigenvalue weighted by Crippen LogP contribution is -2.49. The Morgan fingerprint density at radius 1 is 1.13 bits per heavy atom. The van der Waals surface area contributed by atoms with Gasteiger partial charge in [0.1, 0.15) is 23.9 Å². The Morgan fingerprint density at radius 2 is 1.77 bits per heavy atom. The van der Waals surface area contributed by atoms with Gasteiger partial charge in [0.15, 0.2) is 0 Å². The number of amides is 2. The van der Waals surface area contributed by atoms with Crippen LogP contribution in [0.3, 0.4) is 0 Å². The fourth-order valence-corrected chi connectivity index (χ4v) is 3.68. The summed E-state index contributed by atoms with van der Waals surface area (Å²) in [5.41, 5.74) is 3.01. The van der Waals surface area contributed by atoms with Crippen LogP contribution in [0.2, 0.25) is 0 Å². The van der Waals surface area contributed by atoms with Crippen molar-refractivity contribution in [2.24, 2.45) is 0 Å². The van der Waals surface area contributed by atoms with Crippen molar-refractivity contribution < 1.29 is 23.5 Å². The number of rotatable bonds is 9. The van der Waals surface area contributed by atoms with Crippen LogP contribution in [-0.4, -0.2) is 37.8 Å². The van der Waals surface area contributed by atoms with E-state index < -0.39 is 17.8 Å². The number of nitrogens with zero attached hydrogens (tertiary/aromatic N) is 1. The highest BCUT2D eigenvalue weighted by molar-refractivity contribution is 6.04. The minimum atomic E-state index is -0.829. The molecule has 0 aliphatic carbocycles. The fourth-order valence-electron chi connectivity index (χ4n) is 3.68. The van der Waals surface area contributed by atoms with Crippen LogP contribution in [0.4, 0.5) is 10.1 Å². The average molecular weight is 429 g/mol. The normalized spacial score (nSPS) is 11.5. The topological polar surface area (TPSA) is 75.7 Å². The number of anilines is 1. The second-order valence-corrected chi connectivity index (χ2v) is 7.50. The molecule has 0 bridgehead atoms. The molecule has 0 aliphatic heterocycles. The van der Waals surface area contributed by atoms with E-state index in [2.05, 4.69) is 5.32 Å². The summed E-state index contributed by atoms with van der Waals surface area (Å²) in [6.45, 7) is 7.07. The first-order chi connectivity index (χ1) is 14.7. The van der Waals surface area contributed by atoms with Crippen LogP contribution in [0.5, 0.6) is 5.75 Å². The number of carbonyl (C=O) groups is 3. The third-order valence-electron chi connectivity index (χ3n) is 5.08. The number of benzene rings is 2. The monoisotopic (exact) mass is 428 g/mol. The van der Waals surface area contributed by atoms with Gasteiger partial charge in [-0.3, -0.25) is 9.59 Å². The van der Waals surface area contributed by atoms with Crippen molar-refractivity contribution in [1.29, 1.82) is 0 Å². The number of hydrogen-bond acceptors (Lipinski definition) is 4. The molecule has 166 valence electrons. The highest BCUT2D eigenvalue weighted by Gasteiger charge is 2.28. The van der Waals surface area contributed by atoms with Crippen molar-refractivity contribution in [2.45, 2.75) is 46.6 Å². The minimum absolute atomic E-state index is 0.192. The van der Waals surface area contributed by atoms with E-state index in [9.17, 15) is 18.8 Å². The van der Waals surface area contributed by atoms with E-state index in [1.165, 1.54) is 23.1 Å². The van der Waals surface area contributed by atoms with E-state index in [0.717, 1.165) is 11.1 Å². The van der Waals surface area contributed by atoms with Crippen LogP contribution < -0.4 is 15.0 Å². The Labute approximate surface area is 182 Å². The lowest BCUT2D eigenvalue weighted by Gasteiger charge is -2.27. The molecular weight excluding hydrogens is 399 g/mol. The van der Waals surface area contributed by atoms with Gasteiger partial charge in [-0.15, -0.1) is 0 Å². The van der Waals surface area contributed by atoms with Gasteiger partial charge < -0.3 is 19.7 Å². The first kappa shape index (κ1) is 24.1. The summed E-state index contributed by atoms with van der Waals surface area (Å²) >= 11 is 0. The second-order valence-electron chi connectivity index (χ2n) is 7.50. The summed E-state index contributed by atoms with van der Waals surface area (Å²) in [5, 5.41) is 2.80.